The molecule has 0 radical (unpaired) electrons. The van der Waals surface area contributed by atoms with Gasteiger partial charge in [-0.05, 0) is 23.5 Å². The van der Waals surface area contributed by atoms with Crippen LogP contribution in [0.4, 0.5) is 0 Å². The molecule has 1 rings (SSSR count). The van der Waals surface area contributed by atoms with Gasteiger partial charge in [-0.2, -0.15) is 5.01 Å². The van der Waals surface area contributed by atoms with Crippen LogP contribution in [0.15, 0.2) is 0 Å². The summed E-state index contributed by atoms with van der Waals surface area (Å²) in [7, 11) is 0. The zero-order valence-corrected chi connectivity index (χ0v) is 13.7. The minimum absolute atomic E-state index is 0.0616. The topological polar surface area (TPSA) is 139 Å². The standard InChI is InChI=1S/C8H16N8S4/c9-5(10)19-7(17)14-4-3-13-1-2-16(4)15-8(18)20-6(11)12/h4,13H,1-3H2,(H3,9,10)(H3,11,12)(H,14,17)(H,15,18). The van der Waals surface area contributed by atoms with Gasteiger partial charge in [0.2, 0.25) is 0 Å². The number of hydrogen-bond donors (Lipinski definition) is 7. The maximum absolute atomic E-state index is 7.19. The van der Waals surface area contributed by atoms with Crippen LogP contribution in [-0.2, 0) is 0 Å². The molecule has 0 saturated carbocycles. The van der Waals surface area contributed by atoms with Gasteiger partial charge in [-0.25, -0.2) is 0 Å². The molecule has 9 N–H and O–H groups in total. The van der Waals surface area contributed by atoms with Crippen molar-refractivity contribution in [1.29, 1.82) is 10.8 Å². The van der Waals surface area contributed by atoms with Crippen LogP contribution in [0.5, 0.6) is 0 Å². The van der Waals surface area contributed by atoms with E-state index in [1.54, 1.807) is 0 Å². The smallest absolute Gasteiger partial charge is 0.158 e. The first-order valence-corrected chi connectivity index (χ1v) is 7.95. The summed E-state index contributed by atoms with van der Waals surface area (Å²) in [6.07, 6.45) is -0.131. The van der Waals surface area contributed by atoms with Crippen LogP contribution in [0.2, 0.25) is 0 Å². The number of amidine groups is 2. The molecule has 20 heavy (non-hydrogen) atoms. The second-order valence-corrected chi connectivity index (χ2v) is 7.11. The third kappa shape index (κ3) is 6.67. The predicted molar refractivity (Wildman–Crippen MR) is 93.8 cm³/mol. The van der Waals surface area contributed by atoms with Gasteiger partial charge in [-0.3, -0.25) is 10.8 Å². The summed E-state index contributed by atoms with van der Waals surface area (Å²) in [5.41, 5.74) is 13.6. The van der Waals surface area contributed by atoms with E-state index in [1.165, 1.54) is 0 Å². The number of rotatable bonds is 2. The molecule has 8 nitrogen and oxygen atoms in total. The quantitative estimate of drug-likeness (QED) is 0.191. The van der Waals surface area contributed by atoms with Crippen LogP contribution in [0.3, 0.4) is 0 Å². The lowest BCUT2D eigenvalue weighted by Gasteiger charge is -2.37. The molecule has 1 fully saturated rings. The second kappa shape index (κ2) is 8.59. The third-order valence-electron chi connectivity index (χ3n) is 2.17. The Labute approximate surface area is 136 Å². The molecule has 1 atom stereocenters. The van der Waals surface area contributed by atoms with Crippen molar-refractivity contribution in [2.75, 3.05) is 19.6 Å². The van der Waals surface area contributed by atoms with Gasteiger partial charge in [0.1, 0.15) is 10.5 Å². The van der Waals surface area contributed by atoms with E-state index in [0.717, 1.165) is 30.1 Å². The molecule has 0 bridgehead atoms. The largest absolute Gasteiger partial charge is 0.378 e. The van der Waals surface area contributed by atoms with E-state index in [1.807, 2.05) is 5.01 Å². The highest BCUT2D eigenvalue weighted by atomic mass is 32.2. The Morgan fingerprint density at radius 2 is 1.80 bits per heavy atom. The van der Waals surface area contributed by atoms with Gasteiger partial charge in [0.15, 0.2) is 14.7 Å². The van der Waals surface area contributed by atoms with Crippen LogP contribution in [0.25, 0.3) is 0 Å². The molecule has 112 valence electrons. The van der Waals surface area contributed by atoms with Gasteiger partial charge in [-0.1, -0.05) is 24.4 Å². The lowest BCUT2D eigenvalue weighted by atomic mass is 10.3. The molecule has 1 unspecified atom stereocenters. The first-order chi connectivity index (χ1) is 9.38. The molecule has 0 aromatic rings. The summed E-state index contributed by atoms with van der Waals surface area (Å²) in [6.45, 7) is 2.15. The van der Waals surface area contributed by atoms with Crippen LogP contribution < -0.4 is 27.5 Å². The van der Waals surface area contributed by atoms with E-state index in [9.17, 15) is 0 Å². The summed E-state index contributed by atoms with van der Waals surface area (Å²) in [5.74, 6) is 0. The van der Waals surface area contributed by atoms with E-state index in [0.29, 0.717) is 21.7 Å². The molecule has 1 aliphatic rings. The van der Waals surface area contributed by atoms with E-state index in [4.69, 9.17) is 46.7 Å². The number of hydrazine groups is 1. The minimum Gasteiger partial charge on any atom is -0.378 e. The van der Waals surface area contributed by atoms with Gasteiger partial charge in [-0.15, -0.1) is 0 Å². The Kier molecular flexibility index (Phi) is 7.47. The molecule has 12 heteroatoms. The summed E-state index contributed by atoms with van der Waals surface area (Å²) in [4.78, 5) is 0. The SMILES string of the molecule is N=C(N)SC(=S)NC1CNCCN1NC(=S)SC(=N)N. The van der Waals surface area contributed by atoms with E-state index in [-0.39, 0.29) is 16.5 Å². The first-order valence-electron chi connectivity index (χ1n) is 5.50. The Morgan fingerprint density at radius 3 is 2.40 bits per heavy atom. The number of piperazine rings is 1. The maximum Gasteiger partial charge on any atom is 0.158 e. The third-order valence-corrected chi connectivity index (χ3v) is 3.90. The maximum atomic E-state index is 7.19. The van der Waals surface area contributed by atoms with Crippen molar-refractivity contribution in [3.05, 3.63) is 0 Å². The van der Waals surface area contributed by atoms with Crippen LogP contribution in [-0.4, -0.2) is 49.8 Å². The highest BCUT2D eigenvalue weighted by molar-refractivity contribution is 8.33. The molecule has 0 amide bonds. The minimum atomic E-state index is -0.131. The molecule has 0 aromatic heterocycles. The first kappa shape index (κ1) is 17.4. The van der Waals surface area contributed by atoms with Crippen molar-refractivity contribution in [1.82, 2.24) is 21.1 Å². The second-order valence-electron chi connectivity index (χ2n) is 3.68. The van der Waals surface area contributed by atoms with E-state index in [2.05, 4.69) is 16.1 Å². The molecule has 0 aromatic carbocycles. The van der Waals surface area contributed by atoms with Crippen LogP contribution >= 0.6 is 48.0 Å². The summed E-state index contributed by atoms with van der Waals surface area (Å²) in [5, 5.41) is 22.4. The summed E-state index contributed by atoms with van der Waals surface area (Å²) >= 11 is 12.2. The van der Waals surface area contributed by atoms with Gasteiger partial charge < -0.3 is 27.5 Å². The fourth-order valence-electron chi connectivity index (χ4n) is 1.47. The Balaban J connectivity index is 2.53. The molecule has 1 saturated heterocycles. The lowest BCUT2D eigenvalue weighted by Crippen LogP contribution is -2.63. The average molecular weight is 353 g/mol. The molecular formula is C8H16N8S4. The number of thiocarbonyl (C=S) groups is 2. The van der Waals surface area contributed by atoms with Gasteiger partial charge in [0.25, 0.3) is 0 Å². The monoisotopic (exact) mass is 352 g/mol. The fraction of sp³-hybridized carbons (Fsp3) is 0.500. The molecular weight excluding hydrogens is 336 g/mol. The number of hydrogen-bond acceptors (Lipinski definition) is 8. The van der Waals surface area contributed by atoms with E-state index < -0.39 is 0 Å². The van der Waals surface area contributed by atoms with Crippen molar-refractivity contribution >= 4 is 66.9 Å². The van der Waals surface area contributed by atoms with Crippen LogP contribution in [0.1, 0.15) is 0 Å². The highest BCUT2D eigenvalue weighted by Gasteiger charge is 2.24. The number of nitrogens with one attached hydrogen (secondary N) is 5. The molecule has 1 aliphatic heterocycles. The molecule has 1 heterocycles. The van der Waals surface area contributed by atoms with E-state index >= 15 is 0 Å². The fourth-order valence-corrected chi connectivity index (χ4v) is 3.02. The normalized spacial score (nSPS) is 19.1. The molecule has 0 aliphatic carbocycles. The predicted octanol–water partition coefficient (Wildman–Crippen LogP) is -0.865. The highest BCUT2D eigenvalue weighted by Crippen LogP contribution is 2.07. The summed E-state index contributed by atoms with van der Waals surface area (Å²) < 4.78 is 0.819. The summed E-state index contributed by atoms with van der Waals surface area (Å²) in [6, 6.07) is 0. The average Bonchev–Trinajstić information content (AvgIpc) is 2.29. The van der Waals surface area contributed by atoms with Crippen LogP contribution in [0, 0.1) is 10.8 Å². The van der Waals surface area contributed by atoms with Crippen molar-refractivity contribution < 1.29 is 0 Å². The number of nitrogens with zero attached hydrogens (tertiary/aromatic N) is 1. The van der Waals surface area contributed by atoms with Crippen molar-refractivity contribution in [2.45, 2.75) is 6.17 Å². The van der Waals surface area contributed by atoms with Crippen molar-refractivity contribution in [3.8, 4) is 0 Å². The molecule has 0 spiro atoms. The number of thioether (sulfide) groups is 2. The number of nitrogens with two attached hydrogens (primary N) is 2. The Morgan fingerprint density at radius 1 is 1.20 bits per heavy atom. The van der Waals surface area contributed by atoms with Crippen molar-refractivity contribution in [3.63, 3.8) is 0 Å². The van der Waals surface area contributed by atoms with Gasteiger partial charge in [0, 0.05) is 19.6 Å². The Hall–Kier alpha value is -0.660. The Bertz CT molecular complexity index is 375. The van der Waals surface area contributed by atoms with Crippen molar-refractivity contribution in [2.24, 2.45) is 11.5 Å². The lowest BCUT2D eigenvalue weighted by molar-refractivity contribution is 0.123. The zero-order chi connectivity index (χ0) is 15.1. The van der Waals surface area contributed by atoms with Gasteiger partial charge >= 0.3 is 0 Å². The van der Waals surface area contributed by atoms with Gasteiger partial charge in [0.05, 0.1) is 0 Å². The zero-order valence-electron chi connectivity index (χ0n) is 10.4.